The van der Waals surface area contributed by atoms with E-state index in [1.807, 2.05) is 0 Å². The standard InChI is InChI=1S/C16H23BrN2/c17-15-5-3-13(4-6-15)11-19-9-1-2-14(12-19)10-18-16-7-8-16/h3-6,14,16,18H,1-2,7-12H2. The van der Waals surface area contributed by atoms with Crippen molar-refractivity contribution in [1.29, 1.82) is 0 Å². The van der Waals surface area contributed by atoms with Crippen molar-refractivity contribution in [2.24, 2.45) is 5.92 Å². The second-order valence-electron chi connectivity index (χ2n) is 6.05. The van der Waals surface area contributed by atoms with Gasteiger partial charge in [0, 0.05) is 23.6 Å². The van der Waals surface area contributed by atoms with Gasteiger partial charge in [-0.15, -0.1) is 0 Å². The lowest BCUT2D eigenvalue weighted by Gasteiger charge is -2.33. The molecule has 1 aliphatic heterocycles. The van der Waals surface area contributed by atoms with E-state index < -0.39 is 0 Å². The highest BCUT2D eigenvalue weighted by atomic mass is 79.9. The summed E-state index contributed by atoms with van der Waals surface area (Å²) in [6.45, 7) is 4.85. The number of nitrogens with zero attached hydrogens (tertiary/aromatic N) is 1. The first-order valence-corrected chi connectivity index (χ1v) is 8.29. The third kappa shape index (κ3) is 4.30. The number of rotatable bonds is 5. The second kappa shape index (κ2) is 6.38. The monoisotopic (exact) mass is 322 g/mol. The normalized spacial score (nSPS) is 24.6. The lowest BCUT2D eigenvalue weighted by Crippen LogP contribution is -2.39. The Morgan fingerprint density at radius 1 is 1.16 bits per heavy atom. The highest BCUT2D eigenvalue weighted by molar-refractivity contribution is 9.10. The molecule has 2 aliphatic rings. The largest absolute Gasteiger partial charge is 0.314 e. The minimum atomic E-state index is 0.849. The van der Waals surface area contributed by atoms with E-state index in [9.17, 15) is 0 Å². The molecule has 1 aromatic carbocycles. The van der Waals surface area contributed by atoms with Crippen LogP contribution in [0.15, 0.2) is 28.7 Å². The summed E-state index contributed by atoms with van der Waals surface area (Å²) in [5.74, 6) is 0.852. The van der Waals surface area contributed by atoms with Gasteiger partial charge < -0.3 is 5.32 Å². The molecule has 3 heteroatoms. The molecule has 1 saturated carbocycles. The number of hydrogen-bond acceptors (Lipinski definition) is 2. The van der Waals surface area contributed by atoms with Crippen LogP contribution in [0.25, 0.3) is 0 Å². The Kier molecular flexibility index (Phi) is 4.57. The molecule has 0 radical (unpaired) electrons. The fraction of sp³-hybridized carbons (Fsp3) is 0.625. The molecular weight excluding hydrogens is 300 g/mol. The number of nitrogens with one attached hydrogen (secondary N) is 1. The molecule has 1 N–H and O–H groups in total. The van der Waals surface area contributed by atoms with E-state index in [0.717, 1.165) is 18.5 Å². The first kappa shape index (κ1) is 13.6. The highest BCUT2D eigenvalue weighted by Gasteiger charge is 2.24. The van der Waals surface area contributed by atoms with Crippen LogP contribution in [-0.4, -0.2) is 30.6 Å². The van der Waals surface area contributed by atoms with Crippen LogP contribution in [0.4, 0.5) is 0 Å². The lowest BCUT2D eigenvalue weighted by molar-refractivity contribution is 0.165. The molecule has 0 aromatic heterocycles. The molecule has 0 spiro atoms. The molecule has 3 rings (SSSR count). The van der Waals surface area contributed by atoms with Crippen molar-refractivity contribution in [3.63, 3.8) is 0 Å². The van der Waals surface area contributed by atoms with E-state index in [1.165, 1.54) is 55.4 Å². The number of piperidine rings is 1. The van der Waals surface area contributed by atoms with E-state index in [4.69, 9.17) is 0 Å². The van der Waals surface area contributed by atoms with Crippen LogP contribution in [0, 0.1) is 5.92 Å². The van der Waals surface area contributed by atoms with Crippen LogP contribution in [0.3, 0.4) is 0 Å². The Balaban J connectivity index is 1.48. The zero-order chi connectivity index (χ0) is 13.1. The second-order valence-corrected chi connectivity index (χ2v) is 6.97. The van der Waals surface area contributed by atoms with Crippen molar-refractivity contribution in [2.75, 3.05) is 19.6 Å². The molecule has 1 heterocycles. The average molecular weight is 323 g/mol. The number of likely N-dealkylation sites (tertiary alicyclic amines) is 1. The Hall–Kier alpha value is -0.380. The highest BCUT2D eigenvalue weighted by Crippen LogP contribution is 2.22. The molecule has 104 valence electrons. The van der Waals surface area contributed by atoms with Gasteiger partial charge >= 0.3 is 0 Å². The summed E-state index contributed by atoms with van der Waals surface area (Å²) >= 11 is 3.50. The SMILES string of the molecule is Brc1ccc(CN2CCCC(CNC3CC3)C2)cc1. The van der Waals surface area contributed by atoms with Gasteiger partial charge in [0.05, 0.1) is 0 Å². The summed E-state index contributed by atoms with van der Waals surface area (Å²) in [6, 6.07) is 9.60. The molecule has 1 atom stereocenters. The van der Waals surface area contributed by atoms with Gasteiger partial charge in [0.2, 0.25) is 0 Å². The molecule has 2 nitrogen and oxygen atoms in total. The first-order valence-electron chi connectivity index (χ1n) is 7.50. The van der Waals surface area contributed by atoms with Gasteiger partial charge in [-0.1, -0.05) is 28.1 Å². The number of halogens is 1. The molecule has 1 aliphatic carbocycles. The predicted molar refractivity (Wildman–Crippen MR) is 83.2 cm³/mol. The Morgan fingerprint density at radius 3 is 2.68 bits per heavy atom. The van der Waals surface area contributed by atoms with Gasteiger partial charge in [-0.3, -0.25) is 4.90 Å². The van der Waals surface area contributed by atoms with Gasteiger partial charge in [0.25, 0.3) is 0 Å². The van der Waals surface area contributed by atoms with Crippen LogP contribution in [-0.2, 0) is 6.54 Å². The molecule has 0 amide bonds. The summed E-state index contributed by atoms with van der Waals surface area (Å²) in [6.07, 6.45) is 5.55. The number of hydrogen-bond donors (Lipinski definition) is 1. The van der Waals surface area contributed by atoms with Crippen molar-refractivity contribution >= 4 is 15.9 Å². The molecule has 0 bridgehead atoms. The van der Waals surface area contributed by atoms with E-state index >= 15 is 0 Å². The van der Waals surface area contributed by atoms with Crippen LogP contribution >= 0.6 is 15.9 Å². The van der Waals surface area contributed by atoms with Gasteiger partial charge in [-0.2, -0.15) is 0 Å². The molecule has 1 saturated heterocycles. The van der Waals surface area contributed by atoms with E-state index in [1.54, 1.807) is 0 Å². The quantitative estimate of drug-likeness (QED) is 0.893. The van der Waals surface area contributed by atoms with Crippen LogP contribution in [0.1, 0.15) is 31.2 Å². The van der Waals surface area contributed by atoms with E-state index in [-0.39, 0.29) is 0 Å². The summed E-state index contributed by atoms with van der Waals surface area (Å²) < 4.78 is 1.17. The van der Waals surface area contributed by atoms with Crippen molar-refractivity contribution < 1.29 is 0 Å². The molecular formula is C16H23BrN2. The van der Waals surface area contributed by atoms with Gasteiger partial charge in [-0.05, 0) is 62.4 Å². The lowest BCUT2D eigenvalue weighted by atomic mass is 9.97. The van der Waals surface area contributed by atoms with Gasteiger partial charge in [0.1, 0.15) is 0 Å². The minimum absolute atomic E-state index is 0.849. The summed E-state index contributed by atoms with van der Waals surface area (Å²) in [7, 11) is 0. The fourth-order valence-electron chi connectivity index (χ4n) is 2.93. The van der Waals surface area contributed by atoms with Crippen molar-refractivity contribution in [2.45, 2.75) is 38.3 Å². The molecule has 1 aromatic rings. The smallest absolute Gasteiger partial charge is 0.0233 e. The number of benzene rings is 1. The summed E-state index contributed by atoms with van der Waals surface area (Å²) in [4.78, 5) is 2.62. The van der Waals surface area contributed by atoms with Crippen molar-refractivity contribution in [3.05, 3.63) is 34.3 Å². The van der Waals surface area contributed by atoms with Gasteiger partial charge in [-0.25, -0.2) is 0 Å². The Bertz CT molecular complexity index is 400. The third-order valence-electron chi connectivity index (χ3n) is 4.20. The maximum absolute atomic E-state index is 3.69. The minimum Gasteiger partial charge on any atom is -0.314 e. The fourth-order valence-corrected chi connectivity index (χ4v) is 3.19. The zero-order valence-electron chi connectivity index (χ0n) is 11.4. The van der Waals surface area contributed by atoms with Crippen molar-refractivity contribution in [1.82, 2.24) is 10.2 Å². The first-order chi connectivity index (χ1) is 9.29. The van der Waals surface area contributed by atoms with E-state index in [0.29, 0.717) is 0 Å². The topological polar surface area (TPSA) is 15.3 Å². The Morgan fingerprint density at radius 2 is 1.95 bits per heavy atom. The Labute approximate surface area is 124 Å². The predicted octanol–water partition coefficient (Wildman–Crippen LogP) is 3.41. The van der Waals surface area contributed by atoms with Crippen molar-refractivity contribution in [3.8, 4) is 0 Å². The summed E-state index contributed by atoms with van der Waals surface area (Å²) in [5, 5.41) is 3.69. The molecule has 2 fully saturated rings. The van der Waals surface area contributed by atoms with Gasteiger partial charge in [0.15, 0.2) is 0 Å². The third-order valence-corrected chi connectivity index (χ3v) is 4.72. The van der Waals surface area contributed by atoms with E-state index in [2.05, 4.69) is 50.4 Å². The summed E-state index contributed by atoms with van der Waals surface area (Å²) in [5.41, 5.74) is 1.43. The maximum atomic E-state index is 3.69. The zero-order valence-corrected chi connectivity index (χ0v) is 13.0. The maximum Gasteiger partial charge on any atom is 0.0233 e. The molecule has 1 unspecified atom stereocenters. The van der Waals surface area contributed by atoms with Crippen LogP contribution in [0.2, 0.25) is 0 Å². The van der Waals surface area contributed by atoms with Crippen LogP contribution < -0.4 is 5.32 Å². The van der Waals surface area contributed by atoms with Crippen LogP contribution in [0.5, 0.6) is 0 Å². The molecule has 19 heavy (non-hydrogen) atoms. The average Bonchev–Trinajstić information content (AvgIpc) is 3.24.